The van der Waals surface area contributed by atoms with Crippen LogP contribution < -0.4 is 0 Å². The molecule has 22 aromatic rings. The van der Waals surface area contributed by atoms with Crippen molar-refractivity contribution in [2.45, 2.75) is 113 Å². The topological polar surface area (TPSA) is 90.2 Å². The SMILES string of the molecule is c1ccc(-c2ccc(-c3cc(-c4ccccc4)nc(-c4ccc(-c5ccc6c(c5)-c5ccccc5C65CCCCC5)cc4)n3)cc2)cc1.c1ccc(-c2ccc(-c3cc(-c4ccccc4)nc(-c4ccccc4-c4ccc5c(c4)-c4ccccc4C54CCCCC4)n3)cc2)cc1.c1cncc(-c2cc(-c3ccc(-c4ccc(-c5ccc(-c6ccc7c(c6)-c6ccccc6C76CCCCC6)cc5)cc4)cc3)nc(-c3cccnc3)c2)c1. The van der Waals surface area contributed by atoms with E-state index in [9.17, 15) is 0 Å². The molecule has 6 aliphatic rings. The van der Waals surface area contributed by atoms with Crippen molar-refractivity contribution in [3.63, 3.8) is 0 Å². The van der Waals surface area contributed by atoms with Gasteiger partial charge in [-0.3, -0.25) is 9.97 Å². The first-order chi connectivity index (χ1) is 74.2. The highest BCUT2D eigenvalue weighted by molar-refractivity contribution is 5.92. The summed E-state index contributed by atoms with van der Waals surface area (Å²) >= 11 is 0. The van der Waals surface area contributed by atoms with Gasteiger partial charge in [0.2, 0.25) is 0 Å². The second kappa shape index (κ2) is 40.3. The summed E-state index contributed by atoms with van der Waals surface area (Å²) < 4.78 is 0. The molecule has 0 unspecified atom stereocenters. The van der Waals surface area contributed by atoms with Crippen molar-refractivity contribution in [3.8, 4) is 213 Å². The van der Waals surface area contributed by atoms with E-state index in [4.69, 9.17) is 24.9 Å². The first-order valence-corrected chi connectivity index (χ1v) is 53.5. The van der Waals surface area contributed by atoms with Crippen LogP contribution in [0.2, 0.25) is 0 Å². The molecule has 7 heteroatoms. The van der Waals surface area contributed by atoms with Gasteiger partial charge in [0.25, 0.3) is 0 Å². The molecule has 7 nitrogen and oxygen atoms in total. The molecule has 28 rings (SSSR count). The van der Waals surface area contributed by atoms with Crippen LogP contribution in [0.5, 0.6) is 0 Å². The number of rotatable bonds is 16. The van der Waals surface area contributed by atoms with Crippen LogP contribution in [0.4, 0.5) is 0 Å². The largest absolute Gasteiger partial charge is 0.264 e. The first-order valence-electron chi connectivity index (χ1n) is 53.5. The van der Waals surface area contributed by atoms with E-state index in [0.717, 1.165) is 107 Å². The zero-order valence-corrected chi connectivity index (χ0v) is 84.0. The molecule has 0 atom stereocenters. The molecule has 0 aliphatic heterocycles. The van der Waals surface area contributed by atoms with Crippen molar-refractivity contribution < 1.29 is 0 Å². The lowest BCUT2D eigenvalue weighted by molar-refractivity contribution is 0.353. The lowest BCUT2D eigenvalue weighted by Gasteiger charge is -2.36. The molecule has 0 bridgehead atoms. The average Bonchev–Trinajstić information content (AvgIpc) is 1.57. The molecule has 3 spiro atoms. The normalized spacial score (nSPS) is 14.3. The Balaban J connectivity index is 0.000000114. The number of pyridine rings is 3. The third-order valence-corrected chi connectivity index (χ3v) is 32.8. The van der Waals surface area contributed by atoms with E-state index >= 15 is 0 Å². The number of aromatic nitrogens is 7. The fourth-order valence-electron chi connectivity index (χ4n) is 25.2. The maximum atomic E-state index is 5.25. The van der Waals surface area contributed by atoms with Gasteiger partial charge in [-0.1, -0.05) is 464 Å². The summed E-state index contributed by atoms with van der Waals surface area (Å²) in [6.07, 6.45) is 26.8. The van der Waals surface area contributed by atoms with Gasteiger partial charge in [0, 0.05) is 91.1 Å². The van der Waals surface area contributed by atoms with Crippen LogP contribution >= 0.6 is 0 Å². The average molecular weight is 1930 g/mol. The fraction of sp³-hybridized carbons (Fsp3) is 0.126. The van der Waals surface area contributed by atoms with Crippen molar-refractivity contribution >= 4 is 0 Å². The lowest BCUT2D eigenvalue weighted by atomic mass is 9.68. The van der Waals surface area contributed by atoms with E-state index in [1.165, 1.54) is 224 Å². The van der Waals surface area contributed by atoms with Gasteiger partial charge in [-0.05, 0) is 249 Å². The molecule has 0 saturated heterocycles. The van der Waals surface area contributed by atoms with Crippen LogP contribution in [0.3, 0.4) is 0 Å². The van der Waals surface area contributed by atoms with Crippen LogP contribution in [0, 0.1) is 0 Å². The van der Waals surface area contributed by atoms with Gasteiger partial charge in [-0.25, -0.2) is 24.9 Å². The third kappa shape index (κ3) is 17.7. The smallest absolute Gasteiger partial charge is 0.161 e. The summed E-state index contributed by atoms with van der Waals surface area (Å²) in [6.45, 7) is 0. The molecular weight excluding hydrogens is 1820 g/mol. The Labute approximate surface area is 879 Å². The Bertz CT molecular complexity index is 8620. The Hall–Kier alpha value is -17.7. The number of fused-ring (bicyclic) bond motifs is 15. The van der Waals surface area contributed by atoms with Gasteiger partial charge >= 0.3 is 0 Å². The third-order valence-electron chi connectivity index (χ3n) is 32.8. The van der Waals surface area contributed by atoms with Gasteiger partial charge in [-0.2, -0.15) is 0 Å². The Morgan fingerprint density at radius 2 is 0.373 bits per heavy atom. The Morgan fingerprint density at radius 3 is 0.727 bits per heavy atom. The Kier molecular flexibility index (Phi) is 24.8. The monoisotopic (exact) mass is 1930 g/mol. The minimum atomic E-state index is 0.153. The molecule has 3 saturated carbocycles. The summed E-state index contributed by atoms with van der Waals surface area (Å²) in [6, 6.07) is 169. The van der Waals surface area contributed by atoms with E-state index in [0.29, 0.717) is 0 Å². The van der Waals surface area contributed by atoms with Crippen molar-refractivity contribution in [2.75, 3.05) is 0 Å². The summed E-state index contributed by atoms with van der Waals surface area (Å²) in [5.74, 6) is 1.46. The maximum Gasteiger partial charge on any atom is 0.161 e. The molecule has 150 heavy (non-hydrogen) atoms. The Morgan fingerprint density at radius 1 is 0.133 bits per heavy atom. The number of hydrogen-bond acceptors (Lipinski definition) is 7. The summed E-state index contributed by atoms with van der Waals surface area (Å²) in [5.41, 5.74) is 51.1. The number of benzene rings is 17. The molecule has 3 fully saturated rings. The lowest BCUT2D eigenvalue weighted by Crippen LogP contribution is -2.27. The predicted octanol–water partition coefficient (Wildman–Crippen LogP) is 37.2. The van der Waals surface area contributed by atoms with Crippen molar-refractivity contribution in [1.29, 1.82) is 0 Å². The van der Waals surface area contributed by atoms with E-state index in [-0.39, 0.29) is 16.2 Å². The maximum absolute atomic E-state index is 5.25. The van der Waals surface area contributed by atoms with E-state index in [2.05, 4.69) is 447 Å². The molecule has 0 N–H and O–H groups in total. The van der Waals surface area contributed by atoms with Crippen LogP contribution in [0.15, 0.2) is 492 Å². The van der Waals surface area contributed by atoms with Gasteiger partial charge in [-0.15, -0.1) is 0 Å². The molecule has 17 aromatic carbocycles. The van der Waals surface area contributed by atoms with Crippen molar-refractivity contribution in [2.24, 2.45) is 0 Å². The van der Waals surface area contributed by atoms with Gasteiger partial charge in [0.1, 0.15) is 0 Å². The molecule has 718 valence electrons. The molecule has 0 radical (unpaired) electrons. The van der Waals surface area contributed by atoms with Gasteiger partial charge in [0.15, 0.2) is 11.6 Å². The minimum absolute atomic E-state index is 0.153. The molecule has 5 heterocycles. The summed E-state index contributed by atoms with van der Waals surface area (Å²) in [4.78, 5) is 34.4. The van der Waals surface area contributed by atoms with Gasteiger partial charge in [0.05, 0.1) is 34.2 Å². The highest BCUT2D eigenvalue weighted by atomic mass is 14.9. The van der Waals surface area contributed by atoms with E-state index in [1.807, 2.05) is 42.7 Å². The highest BCUT2D eigenvalue weighted by Gasteiger charge is 2.47. The first kappa shape index (κ1) is 92.2. The van der Waals surface area contributed by atoms with Crippen LogP contribution in [0.1, 0.15) is 130 Å². The van der Waals surface area contributed by atoms with Crippen molar-refractivity contribution in [3.05, 3.63) is 525 Å². The second-order valence-electron chi connectivity index (χ2n) is 41.4. The fourth-order valence-corrected chi connectivity index (χ4v) is 25.2. The van der Waals surface area contributed by atoms with E-state index < -0.39 is 0 Å². The summed E-state index contributed by atoms with van der Waals surface area (Å²) in [7, 11) is 0. The highest BCUT2D eigenvalue weighted by Crippen LogP contribution is 2.60. The number of hydrogen-bond donors (Lipinski definition) is 0. The molecular formula is C143H111N7. The zero-order chi connectivity index (χ0) is 99.7. The van der Waals surface area contributed by atoms with Gasteiger partial charge < -0.3 is 0 Å². The standard InChI is InChI=1S/C51H39N3.2C46H36N2/c1-4-26-51(27-5-1)47-11-3-2-10-45(47)46-30-41(24-25-48(46)51)39-18-16-37(17-19-39)35-12-14-36(15-13-35)38-20-22-40(23-21-38)49-31-44(42-8-6-28-52-33-42)32-50(54-49)43-9-7-29-53-34-43;1-4-14-32(15-5-1)33-22-24-35(25-23-33)44-31-43(34-16-6-2-7-17-34)47-45(48-44)39-20-9-8-18-37(39)36-26-27-42-40(30-36)38-19-10-11-21-41(38)46(42)28-12-3-13-29-46;1-4-12-32(13-5-1)33-18-22-36(23-19-33)44-31-43(35-14-6-2-7-15-35)47-45(48-44)37-24-20-34(21-25-37)38-26-27-42-40(30-38)39-16-8-9-17-41(39)46(42)28-10-3-11-29-46/h2-3,6-25,28-34H,1,4-5,26-27H2;1-2,4-11,14-27,30-31H,3,12-13,28-29H2;1-2,4-9,12-27,30-31H,3,10-11,28-29H2. The van der Waals surface area contributed by atoms with Crippen LogP contribution in [-0.2, 0) is 16.2 Å². The summed E-state index contributed by atoms with van der Waals surface area (Å²) in [5, 5.41) is 0. The predicted molar refractivity (Wildman–Crippen MR) is 619 cm³/mol. The zero-order valence-electron chi connectivity index (χ0n) is 84.0. The molecule has 6 aliphatic carbocycles. The van der Waals surface area contributed by atoms with Crippen molar-refractivity contribution in [1.82, 2.24) is 34.9 Å². The quantitative estimate of drug-likeness (QED) is 0.0952. The molecule has 5 aromatic heterocycles. The van der Waals surface area contributed by atoms with Crippen LogP contribution in [0.25, 0.3) is 213 Å². The minimum Gasteiger partial charge on any atom is -0.264 e. The van der Waals surface area contributed by atoms with Crippen LogP contribution in [-0.4, -0.2) is 34.9 Å². The van der Waals surface area contributed by atoms with E-state index in [1.54, 1.807) is 23.5 Å². The second-order valence-corrected chi connectivity index (χ2v) is 41.4. The molecule has 0 amide bonds. The number of nitrogens with zero attached hydrogens (tertiary/aromatic N) is 7.